The lowest BCUT2D eigenvalue weighted by atomic mass is 9.78. The molecular weight excluding hydrogens is 298 g/mol. The Hall–Kier alpha value is -1.68. The van der Waals surface area contributed by atoms with E-state index in [4.69, 9.17) is 9.51 Å². The normalized spacial score (nSPS) is 18.2. The molecule has 0 spiro atoms. The smallest absolute Gasteiger partial charge is 0.237 e. The molecule has 0 aliphatic heterocycles. The fraction of sp³-hybridized carbons (Fsp3) is 0.600. The van der Waals surface area contributed by atoms with Gasteiger partial charge in [0.1, 0.15) is 0 Å². The Labute approximate surface area is 145 Å². The van der Waals surface area contributed by atoms with Crippen molar-refractivity contribution >= 4 is 0 Å². The lowest BCUT2D eigenvalue weighted by Gasteiger charge is -2.25. The number of rotatable bonds is 6. The summed E-state index contributed by atoms with van der Waals surface area (Å²) in [5, 5.41) is 7.47. The second-order valence-electron chi connectivity index (χ2n) is 7.48. The number of benzene rings is 1. The molecule has 1 heterocycles. The van der Waals surface area contributed by atoms with E-state index in [1.165, 1.54) is 24.0 Å². The number of nitrogens with zero attached hydrogens (tertiary/aromatic N) is 2. The van der Waals surface area contributed by atoms with Gasteiger partial charge >= 0.3 is 0 Å². The molecule has 24 heavy (non-hydrogen) atoms. The molecule has 1 aromatic heterocycles. The monoisotopic (exact) mass is 327 g/mol. The lowest BCUT2D eigenvalue weighted by Crippen LogP contribution is -2.25. The van der Waals surface area contributed by atoms with Gasteiger partial charge in [0.2, 0.25) is 5.89 Å². The van der Waals surface area contributed by atoms with Gasteiger partial charge in [0.05, 0.1) is 5.41 Å². The topological polar surface area (TPSA) is 51.0 Å². The molecule has 130 valence electrons. The number of likely N-dealkylation sites (N-methyl/N-ethyl adjacent to an activating group) is 1. The number of hydrogen-bond acceptors (Lipinski definition) is 4. The minimum atomic E-state index is -0.0936. The summed E-state index contributed by atoms with van der Waals surface area (Å²) in [5.74, 6) is 2.16. The molecule has 1 atom stereocenters. The van der Waals surface area contributed by atoms with Crippen LogP contribution in [0.15, 0.2) is 28.8 Å². The van der Waals surface area contributed by atoms with Gasteiger partial charge in [-0.15, -0.1) is 0 Å². The van der Waals surface area contributed by atoms with Gasteiger partial charge in [0, 0.05) is 12.5 Å². The van der Waals surface area contributed by atoms with Crippen LogP contribution in [0.4, 0.5) is 0 Å². The molecule has 4 nitrogen and oxygen atoms in total. The fourth-order valence-corrected chi connectivity index (χ4v) is 3.70. The minimum Gasteiger partial charge on any atom is -0.338 e. The van der Waals surface area contributed by atoms with Crippen molar-refractivity contribution in [1.29, 1.82) is 0 Å². The van der Waals surface area contributed by atoms with Gasteiger partial charge < -0.3 is 9.84 Å². The molecule has 3 rings (SSSR count). The zero-order valence-electron chi connectivity index (χ0n) is 15.3. The molecule has 1 N–H and O–H groups in total. The number of aromatic nitrogens is 2. The van der Waals surface area contributed by atoms with Crippen molar-refractivity contribution in [3.63, 3.8) is 0 Å². The first-order chi connectivity index (χ1) is 11.5. The first kappa shape index (κ1) is 17.2. The van der Waals surface area contributed by atoms with Crippen LogP contribution in [-0.2, 0) is 11.8 Å². The predicted molar refractivity (Wildman–Crippen MR) is 96.3 cm³/mol. The standard InChI is InChI=1S/C20H29N3O/c1-14(2)16-7-9-17(10-8-16)20(11-5-6-12-20)19-22-18(23-24-19)13-15(3)21-4/h7-10,14-15,21H,5-6,11-13H2,1-4H3. The molecular formula is C20H29N3O. The largest absolute Gasteiger partial charge is 0.338 e. The highest BCUT2D eigenvalue weighted by molar-refractivity contribution is 5.36. The summed E-state index contributed by atoms with van der Waals surface area (Å²) in [5.41, 5.74) is 2.60. The second-order valence-corrected chi connectivity index (χ2v) is 7.48. The minimum absolute atomic E-state index is 0.0936. The van der Waals surface area contributed by atoms with Crippen molar-refractivity contribution in [2.75, 3.05) is 7.05 Å². The van der Waals surface area contributed by atoms with E-state index in [1.54, 1.807) is 0 Å². The molecule has 1 saturated carbocycles. The highest BCUT2D eigenvalue weighted by Crippen LogP contribution is 2.45. The Kier molecular flexibility index (Phi) is 5.04. The highest BCUT2D eigenvalue weighted by atomic mass is 16.5. The molecule has 0 bridgehead atoms. The van der Waals surface area contributed by atoms with E-state index in [1.807, 2.05) is 7.05 Å². The summed E-state index contributed by atoms with van der Waals surface area (Å²) < 4.78 is 5.74. The average Bonchev–Trinajstić information content (AvgIpc) is 3.24. The third-order valence-corrected chi connectivity index (χ3v) is 5.45. The molecule has 1 aromatic carbocycles. The fourth-order valence-electron chi connectivity index (χ4n) is 3.70. The zero-order chi connectivity index (χ0) is 17.2. The Morgan fingerprint density at radius 2 is 1.79 bits per heavy atom. The Bertz CT molecular complexity index is 654. The maximum absolute atomic E-state index is 5.74. The molecule has 1 unspecified atom stereocenters. The van der Waals surface area contributed by atoms with Crippen molar-refractivity contribution in [2.45, 2.75) is 70.3 Å². The van der Waals surface area contributed by atoms with Gasteiger partial charge in [-0.25, -0.2) is 0 Å². The Morgan fingerprint density at radius 1 is 1.12 bits per heavy atom. The third kappa shape index (κ3) is 3.25. The van der Waals surface area contributed by atoms with Gasteiger partial charge in [0.15, 0.2) is 5.82 Å². The summed E-state index contributed by atoms with van der Waals surface area (Å²) in [6, 6.07) is 9.38. The zero-order valence-corrected chi connectivity index (χ0v) is 15.3. The molecule has 2 aromatic rings. The van der Waals surface area contributed by atoms with E-state index in [-0.39, 0.29) is 5.41 Å². The quantitative estimate of drug-likeness (QED) is 0.864. The van der Waals surface area contributed by atoms with Crippen LogP contribution >= 0.6 is 0 Å². The summed E-state index contributed by atoms with van der Waals surface area (Å²) >= 11 is 0. The van der Waals surface area contributed by atoms with Crippen molar-refractivity contribution in [3.05, 3.63) is 47.1 Å². The number of nitrogens with one attached hydrogen (secondary N) is 1. The van der Waals surface area contributed by atoms with Crippen LogP contribution in [0.2, 0.25) is 0 Å². The number of hydrogen-bond donors (Lipinski definition) is 1. The third-order valence-electron chi connectivity index (χ3n) is 5.45. The van der Waals surface area contributed by atoms with Crippen molar-refractivity contribution < 1.29 is 4.52 Å². The van der Waals surface area contributed by atoms with E-state index in [0.717, 1.165) is 31.0 Å². The van der Waals surface area contributed by atoms with E-state index in [9.17, 15) is 0 Å². The molecule has 1 fully saturated rings. The van der Waals surface area contributed by atoms with Crippen molar-refractivity contribution in [3.8, 4) is 0 Å². The van der Waals surface area contributed by atoms with E-state index < -0.39 is 0 Å². The predicted octanol–water partition coefficient (Wildman–Crippen LogP) is 4.20. The van der Waals surface area contributed by atoms with Crippen molar-refractivity contribution in [1.82, 2.24) is 15.5 Å². The van der Waals surface area contributed by atoms with E-state index >= 15 is 0 Å². The van der Waals surface area contributed by atoms with E-state index in [0.29, 0.717) is 12.0 Å². The summed E-state index contributed by atoms with van der Waals surface area (Å²) in [6.07, 6.45) is 5.42. The van der Waals surface area contributed by atoms with E-state index in [2.05, 4.69) is 55.5 Å². The molecule has 1 aliphatic carbocycles. The maximum Gasteiger partial charge on any atom is 0.237 e. The molecule has 0 amide bonds. The Balaban J connectivity index is 1.91. The van der Waals surface area contributed by atoms with Gasteiger partial charge in [0.25, 0.3) is 0 Å². The van der Waals surface area contributed by atoms with Crippen LogP contribution in [0.5, 0.6) is 0 Å². The summed E-state index contributed by atoms with van der Waals surface area (Å²) in [4.78, 5) is 4.77. The molecule has 0 radical (unpaired) electrons. The molecule has 0 saturated heterocycles. The molecule has 1 aliphatic rings. The summed E-state index contributed by atoms with van der Waals surface area (Å²) in [6.45, 7) is 6.59. The first-order valence-electron chi connectivity index (χ1n) is 9.16. The van der Waals surface area contributed by atoms with Gasteiger partial charge in [-0.2, -0.15) is 4.98 Å². The van der Waals surface area contributed by atoms with Crippen molar-refractivity contribution in [2.24, 2.45) is 0 Å². The van der Waals surface area contributed by atoms with Gasteiger partial charge in [-0.3, -0.25) is 0 Å². The van der Waals surface area contributed by atoms with Crippen LogP contribution in [-0.4, -0.2) is 23.2 Å². The van der Waals surface area contributed by atoms with Crippen LogP contribution in [0.3, 0.4) is 0 Å². The van der Waals surface area contributed by atoms with Crippen LogP contribution in [0.1, 0.15) is 75.2 Å². The maximum atomic E-state index is 5.74. The van der Waals surface area contributed by atoms with Crippen LogP contribution in [0.25, 0.3) is 0 Å². The lowest BCUT2D eigenvalue weighted by molar-refractivity contribution is 0.308. The van der Waals surface area contributed by atoms with Crippen LogP contribution < -0.4 is 5.32 Å². The van der Waals surface area contributed by atoms with Crippen LogP contribution in [0, 0.1) is 0 Å². The first-order valence-corrected chi connectivity index (χ1v) is 9.16. The highest BCUT2D eigenvalue weighted by Gasteiger charge is 2.42. The van der Waals surface area contributed by atoms with Gasteiger partial charge in [-0.05, 0) is 43.9 Å². The Morgan fingerprint density at radius 3 is 2.38 bits per heavy atom. The average molecular weight is 327 g/mol. The SMILES string of the molecule is CNC(C)Cc1noc(C2(c3ccc(C(C)C)cc3)CCCC2)n1. The molecule has 4 heteroatoms. The second kappa shape index (κ2) is 7.06. The van der Waals surface area contributed by atoms with Gasteiger partial charge in [-0.1, -0.05) is 56.1 Å². The summed E-state index contributed by atoms with van der Waals surface area (Å²) in [7, 11) is 1.96.